The summed E-state index contributed by atoms with van der Waals surface area (Å²) in [7, 11) is 3.31. The number of methoxy groups -OCH3 is 2. The van der Waals surface area contributed by atoms with Crippen LogP contribution in [0.3, 0.4) is 0 Å². The number of aliphatic carboxylic acids is 2. The van der Waals surface area contributed by atoms with Crippen LogP contribution >= 0.6 is 0 Å². The fourth-order valence-corrected chi connectivity index (χ4v) is 4.48. The first kappa shape index (κ1) is 27.9. The number of carbonyl (C=O) groups is 3. The van der Waals surface area contributed by atoms with Gasteiger partial charge in [0.2, 0.25) is 5.91 Å². The van der Waals surface area contributed by atoms with E-state index >= 15 is 0 Å². The van der Waals surface area contributed by atoms with Crippen molar-refractivity contribution in [3.05, 3.63) is 53.6 Å². The van der Waals surface area contributed by atoms with Gasteiger partial charge in [0.25, 0.3) is 0 Å². The van der Waals surface area contributed by atoms with Crippen molar-refractivity contribution in [1.82, 2.24) is 4.90 Å². The Morgan fingerprint density at radius 1 is 0.919 bits per heavy atom. The highest BCUT2D eigenvalue weighted by molar-refractivity contribution is 6.27. The molecule has 200 valence electrons. The zero-order valence-electron chi connectivity index (χ0n) is 21.2. The van der Waals surface area contributed by atoms with Gasteiger partial charge in [-0.05, 0) is 67.6 Å². The Morgan fingerprint density at radius 2 is 1.54 bits per heavy atom. The number of fused-ring (bicyclic) bond motifs is 1. The smallest absolute Gasteiger partial charge is 0.414 e. The third kappa shape index (κ3) is 8.19. The van der Waals surface area contributed by atoms with Crippen molar-refractivity contribution in [2.45, 2.75) is 25.9 Å². The summed E-state index contributed by atoms with van der Waals surface area (Å²) < 4.78 is 16.6. The number of hydrogen-bond acceptors (Lipinski definition) is 7. The molecule has 2 aromatic carbocycles. The summed E-state index contributed by atoms with van der Waals surface area (Å²) in [5.41, 5.74) is 3.41. The van der Waals surface area contributed by atoms with Crippen LogP contribution in [-0.2, 0) is 32.1 Å². The van der Waals surface area contributed by atoms with E-state index in [0.29, 0.717) is 19.1 Å². The number of carbonyl (C=O) groups excluding carboxylic acids is 1. The predicted molar refractivity (Wildman–Crippen MR) is 136 cm³/mol. The Labute approximate surface area is 216 Å². The minimum absolute atomic E-state index is 0.214. The molecule has 0 aromatic heterocycles. The maximum absolute atomic E-state index is 12.8. The molecule has 0 aliphatic carbocycles. The van der Waals surface area contributed by atoms with Gasteiger partial charge >= 0.3 is 11.9 Å². The van der Waals surface area contributed by atoms with E-state index < -0.39 is 11.9 Å². The highest BCUT2D eigenvalue weighted by Gasteiger charge is 2.27. The van der Waals surface area contributed by atoms with Crippen molar-refractivity contribution in [3.63, 3.8) is 0 Å². The molecule has 2 heterocycles. The topological polar surface area (TPSA) is 126 Å². The molecule has 1 fully saturated rings. The summed E-state index contributed by atoms with van der Waals surface area (Å²) in [4.78, 5) is 35.3. The third-order valence-corrected chi connectivity index (χ3v) is 6.47. The number of rotatable bonds is 8. The van der Waals surface area contributed by atoms with Gasteiger partial charge < -0.3 is 29.3 Å². The van der Waals surface area contributed by atoms with Crippen LogP contribution in [0.2, 0.25) is 0 Å². The maximum atomic E-state index is 12.8. The number of carboxylic acids is 2. The molecule has 37 heavy (non-hydrogen) atoms. The van der Waals surface area contributed by atoms with E-state index in [1.807, 2.05) is 35.2 Å². The monoisotopic (exact) mass is 514 g/mol. The summed E-state index contributed by atoms with van der Waals surface area (Å²) >= 11 is 0. The predicted octanol–water partition coefficient (Wildman–Crippen LogP) is 2.68. The number of benzene rings is 2. The summed E-state index contributed by atoms with van der Waals surface area (Å²) in [5.74, 6) is -1.35. The molecule has 0 atom stereocenters. The van der Waals surface area contributed by atoms with E-state index in [9.17, 15) is 4.79 Å². The van der Waals surface area contributed by atoms with Crippen molar-refractivity contribution in [2.75, 3.05) is 51.9 Å². The van der Waals surface area contributed by atoms with Gasteiger partial charge in [-0.25, -0.2) is 9.59 Å². The Kier molecular flexibility index (Phi) is 10.3. The maximum Gasteiger partial charge on any atom is 0.414 e. The van der Waals surface area contributed by atoms with Gasteiger partial charge in [0.1, 0.15) is 11.5 Å². The molecule has 10 nitrogen and oxygen atoms in total. The van der Waals surface area contributed by atoms with E-state index in [0.717, 1.165) is 68.3 Å². The van der Waals surface area contributed by atoms with E-state index in [-0.39, 0.29) is 5.91 Å². The van der Waals surface area contributed by atoms with Crippen molar-refractivity contribution in [2.24, 2.45) is 5.92 Å². The van der Waals surface area contributed by atoms with E-state index in [1.165, 1.54) is 5.56 Å². The summed E-state index contributed by atoms with van der Waals surface area (Å²) in [6.45, 7) is 4.48. The number of hydrogen-bond donors (Lipinski definition) is 2. The molecular formula is C27H34N2O8. The van der Waals surface area contributed by atoms with Crippen molar-refractivity contribution >= 4 is 23.5 Å². The van der Waals surface area contributed by atoms with Gasteiger partial charge in [-0.15, -0.1) is 0 Å². The highest BCUT2D eigenvalue weighted by atomic mass is 16.5. The van der Waals surface area contributed by atoms with Crippen molar-refractivity contribution in [1.29, 1.82) is 0 Å². The second-order valence-electron chi connectivity index (χ2n) is 8.99. The lowest BCUT2D eigenvalue weighted by Crippen LogP contribution is -2.43. The molecule has 0 unspecified atom stereocenters. The number of anilines is 1. The summed E-state index contributed by atoms with van der Waals surface area (Å²) in [5, 5.41) is 14.8. The van der Waals surface area contributed by atoms with E-state index in [2.05, 4.69) is 17.0 Å². The Balaban J connectivity index is 0.000000568. The van der Waals surface area contributed by atoms with Crippen LogP contribution in [0.15, 0.2) is 42.5 Å². The number of para-hydroxylation sites is 1. The van der Waals surface area contributed by atoms with Crippen LogP contribution in [-0.4, -0.2) is 80.0 Å². The van der Waals surface area contributed by atoms with Crippen LogP contribution in [0, 0.1) is 5.92 Å². The Bertz CT molecular complexity index is 1050. The number of piperidine rings is 1. The Hall–Kier alpha value is -3.63. The molecule has 0 bridgehead atoms. The quantitative estimate of drug-likeness (QED) is 0.511. The molecule has 0 spiro atoms. The van der Waals surface area contributed by atoms with Gasteiger partial charge in [-0.3, -0.25) is 9.69 Å². The van der Waals surface area contributed by atoms with Gasteiger partial charge in [0.15, 0.2) is 0 Å². The number of carboxylic acid groups (broad SMARTS) is 2. The van der Waals surface area contributed by atoms with Crippen LogP contribution in [0.1, 0.15) is 24.0 Å². The second-order valence-corrected chi connectivity index (χ2v) is 8.99. The molecule has 0 radical (unpaired) electrons. The third-order valence-electron chi connectivity index (χ3n) is 6.47. The molecular weight excluding hydrogens is 480 g/mol. The van der Waals surface area contributed by atoms with Gasteiger partial charge in [0, 0.05) is 24.9 Å². The fourth-order valence-electron chi connectivity index (χ4n) is 4.48. The molecule has 0 saturated carbocycles. The molecule has 1 saturated heterocycles. The fraction of sp³-hybridized carbons (Fsp3) is 0.444. The average Bonchev–Trinajstić information content (AvgIpc) is 3.34. The lowest BCUT2D eigenvalue weighted by molar-refractivity contribution is -0.159. The second kappa shape index (κ2) is 13.6. The molecule has 1 amide bonds. The first-order chi connectivity index (χ1) is 17.8. The van der Waals surface area contributed by atoms with Crippen LogP contribution in [0.5, 0.6) is 11.5 Å². The van der Waals surface area contributed by atoms with Crippen LogP contribution in [0.25, 0.3) is 0 Å². The lowest BCUT2D eigenvalue weighted by atomic mass is 9.98. The summed E-state index contributed by atoms with van der Waals surface area (Å²) in [6.07, 6.45) is 3.08. The molecule has 4 rings (SSSR count). The first-order valence-electron chi connectivity index (χ1n) is 12.2. The molecule has 2 aliphatic rings. The van der Waals surface area contributed by atoms with Crippen molar-refractivity contribution < 1.29 is 38.8 Å². The molecule has 2 N–H and O–H groups in total. The zero-order chi connectivity index (χ0) is 26.8. The number of likely N-dealkylation sites (tertiary alicyclic amines) is 1. The normalized spacial score (nSPS) is 15.4. The SMILES string of the molecule is COc1cc(COCC2CCN(CC(=O)N3CCc4ccccc43)CC2)cc(OC)c1.O=C(O)C(=O)O. The Morgan fingerprint density at radius 3 is 2.14 bits per heavy atom. The van der Waals surface area contributed by atoms with Crippen LogP contribution in [0.4, 0.5) is 5.69 Å². The van der Waals surface area contributed by atoms with Gasteiger partial charge in [0.05, 0.1) is 27.4 Å². The number of amides is 1. The lowest BCUT2D eigenvalue weighted by Gasteiger charge is -2.32. The summed E-state index contributed by atoms with van der Waals surface area (Å²) in [6, 6.07) is 14.1. The number of ether oxygens (including phenoxy) is 3. The highest BCUT2D eigenvalue weighted by Crippen LogP contribution is 2.28. The van der Waals surface area contributed by atoms with Crippen LogP contribution < -0.4 is 14.4 Å². The van der Waals surface area contributed by atoms with Gasteiger partial charge in [-0.1, -0.05) is 18.2 Å². The minimum Gasteiger partial charge on any atom is -0.497 e. The van der Waals surface area contributed by atoms with E-state index in [4.69, 9.17) is 34.0 Å². The molecule has 2 aromatic rings. The van der Waals surface area contributed by atoms with Crippen molar-refractivity contribution in [3.8, 4) is 11.5 Å². The zero-order valence-corrected chi connectivity index (χ0v) is 21.2. The standard InChI is InChI=1S/C25H32N2O4.C2H2O4/c1-29-22-13-20(14-23(15-22)30-2)18-31-17-19-7-10-26(11-8-19)16-25(28)27-12-9-21-5-3-4-6-24(21)27;3-1(4)2(5)6/h3-6,13-15,19H,7-12,16-18H2,1-2H3;(H,3,4)(H,5,6). The largest absolute Gasteiger partial charge is 0.497 e. The van der Waals surface area contributed by atoms with Gasteiger partial charge in [-0.2, -0.15) is 0 Å². The minimum atomic E-state index is -1.82. The molecule has 2 aliphatic heterocycles. The average molecular weight is 515 g/mol. The number of nitrogens with zero attached hydrogens (tertiary/aromatic N) is 2. The molecule has 10 heteroatoms. The van der Waals surface area contributed by atoms with E-state index in [1.54, 1.807) is 14.2 Å². The first-order valence-corrected chi connectivity index (χ1v) is 12.2.